The minimum atomic E-state index is -1.03. The van der Waals surface area contributed by atoms with Gasteiger partial charge in [-0.2, -0.15) is 4.39 Å². The van der Waals surface area contributed by atoms with Gasteiger partial charge in [0.05, 0.1) is 6.04 Å². The predicted molar refractivity (Wildman–Crippen MR) is 92.3 cm³/mol. The van der Waals surface area contributed by atoms with Crippen LogP contribution in [0.5, 0.6) is 5.75 Å². The Bertz CT molecular complexity index is 769. The van der Waals surface area contributed by atoms with Crippen molar-refractivity contribution in [3.05, 3.63) is 21.7 Å². The lowest BCUT2D eigenvalue weighted by atomic mass is 10.1. The van der Waals surface area contributed by atoms with Gasteiger partial charge < -0.3 is 19.3 Å². The molecule has 0 N–H and O–H groups in total. The van der Waals surface area contributed by atoms with E-state index in [9.17, 15) is 14.0 Å². The third-order valence-electron chi connectivity index (χ3n) is 4.04. The largest absolute Gasteiger partial charge is 0.489 e. The van der Waals surface area contributed by atoms with Gasteiger partial charge in [-0.1, -0.05) is 23.2 Å². The maximum atomic E-state index is 14.2. The highest BCUT2D eigenvalue weighted by atomic mass is 35.5. The average Bonchev–Trinajstić information content (AvgIpc) is 2.68. The third-order valence-corrected chi connectivity index (χ3v) is 4.76. The van der Waals surface area contributed by atoms with E-state index in [4.69, 9.17) is 32.7 Å². The highest BCUT2D eigenvalue weighted by Gasteiger charge is 2.40. The number of carbonyl (C=O) groups is 2. The molecule has 0 aliphatic carbocycles. The minimum absolute atomic E-state index is 0.0392. The zero-order valence-electron chi connectivity index (χ0n) is 14.5. The number of piperazine rings is 1. The summed E-state index contributed by atoms with van der Waals surface area (Å²) in [5, 5.41) is -0.383. The molecule has 0 aromatic carbocycles. The number of hydrogen-bond donors (Lipinski definition) is 0. The van der Waals surface area contributed by atoms with Crippen LogP contribution in [0.25, 0.3) is 0 Å². The van der Waals surface area contributed by atoms with Crippen LogP contribution in [-0.4, -0.2) is 64.7 Å². The number of nitrogens with zero attached hydrogens (tertiary/aromatic N) is 3. The van der Waals surface area contributed by atoms with E-state index in [1.54, 1.807) is 20.8 Å². The van der Waals surface area contributed by atoms with E-state index in [2.05, 4.69) is 4.98 Å². The second-order valence-corrected chi connectivity index (χ2v) is 7.84. The lowest BCUT2D eigenvalue weighted by Crippen LogP contribution is -2.58. The van der Waals surface area contributed by atoms with Crippen LogP contribution in [0.3, 0.4) is 0 Å². The summed E-state index contributed by atoms with van der Waals surface area (Å²) in [6, 6.07) is -0.467. The summed E-state index contributed by atoms with van der Waals surface area (Å²) in [4.78, 5) is 31.5. The molecule has 0 spiro atoms. The molecule has 0 radical (unpaired) electrons. The minimum Gasteiger partial charge on any atom is -0.489 e. The Hall–Kier alpha value is -1.80. The molecule has 1 unspecified atom stereocenters. The van der Waals surface area contributed by atoms with Crippen molar-refractivity contribution in [2.24, 2.45) is 0 Å². The third kappa shape index (κ3) is 3.53. The van der Waals surface area contributed by atoms with Crippen molar-refractivity contribution in [2.75, 3.05) is 26.2 Å². The van der Waals surface area contributed by atoms with E-state index in [0.29, 0.717) is 0 Å². The van der Waals surface area contributed by atoms with Gasteiger partial charge >= 0.3 is 6.09 Å². The van der Waals surface area contributed by atoms with E-state index >= 15 is 0 Å². The highest BCUT2D eigenvalue weighted by Crippen LogP contribution is 2.38. The first-order valence-electron chi connectivity index (χ1n) is 8.04. The molecule has 1 atom stereocenters. The Balaban J connectivity index is 1.84. The van der Waals surface area contributed by atoms with Gasteiger partial charge in [-0.25, -0.2) is 9.78 Å². The Morgan fingerprint density at radius 1 is 1.35 bits per heavy atom. The summed E-state index contributed by atoms with van der Waals surface area (Å²) in [5.41, 5.74) is -0.966. The fraction of sp³-hybridized carbons (Fsp3) is 0.562. The number of fused-ring (bicyclic) bond motifs is 2. The Labute approximate surface area is 159 Å². The highest BCUT2D eigenvalue weighted by molar-refractivity contribution is 6.42. The molecule has 2 amide bonds. The number of aromatic nitrogens is 1. The number of pyridine rings is 1. The van der Waals surface area contributed by atoms with Crippen molar-refractivity contribution in [1.82, 2.24) is 14.8 Å². The number of amides is 2. The molecule has 1 aromatic rings. The fourth-order valence-corrected chi connectivity index (χ4v) is 3.24. The van der Waals surface area contributed by atoms with Crippen LogP contribution in [0, 0.1) is 5.95 Å². The van der Waals surface area contributed by atoms with E-state index in [0.717, 1.165) is 0 Å². The first kappa shape index (κ1) is 19.0. The molecular weight excluding hydrogens is 388 g/mol. The molecule has 3 rings (SSSR count). The average molecular weight is 406 g/mol. The van der Waals surface area contributed by atoms with Gasteiger partial charge in [0.15, 0.2) is 10.9 Å². The van der Waals surface area contributed by atoms with Crippen LogP contribution in [0.15, 0.2) is 0 Å². The lowest BCUT2D eigenvalue weighted by molar-refractivity contribution is 0.000892. The molecule has 0 bridgehead atoms. The van der Waals surface area contributed by atoms with Gasteiger partial charge in [-0.3, -0.25) is 4.79 Å². The molecule has 0 saturated carbocycles. The molecule has 26 heavy (non-hydrogen) atoms. The van der Waals surface area contributed by atoms with E-state index in [1.165, 1.54) is 9.80 Å². The molecule has 2 aliphatic heterocycles. The summed E-state index contributed by atoms with van der Waals surface area (Å²) in [5.74, 6) is -1.74. The van der Waals surface area contributed by atoms with Crippen molar-refractivity contribution in [3.8, 4) is 5.75 Å². The molecule has 2 aliphatic rings. The SMILES string of the molecule is CC(C)(C)OC(=O)N1CCN2C(=O)c3c(F)nc(Cl)c(Cl)c3OCC2C1. The van der Waals surface area contributed by atoms with Crippen LogP contribution in [0.4, 0.5) is 9.18 Å². The fourth-order valence-electron chi connectivity index (χ4n) is 2.89. The van der Waals surface area contributed by atoms with Crippen LogP contribution < -0.4 is 4.74 Å². The molecule has 1 saturated heterocycles. The Morgan fingerprint density at radius 3 is 2.69 bits per heavy atom. The van der Waals surface area contributed by atoms with Gasteiger partial charge in [-0.05, 0) is 20.8 Å². The molecule has 142 valence electrons. The van der Waals surface area contributed by atoms with Gasteiger partial charge in [-0.15, -0.1) is 0 Å². The summed E-state index contributed by atoms with van der Waals surface area (Å²) in [6.07, 6.45) is -0.472. The van der Waals surface area contributed by atoms with Crippen molar-refractivity contribution in [3.63, 3.8) is 0 Å². The topological polar surface area (TPSA) is 72.0 Å². The number of rotatable bonds is 0. The van der Waals surface area contributed by atoms with E-state index in [-0.39, 0.29) is 47.7 Å². The Morgan fingerprint density at radius 2 is 2.04 bits per heavy atom. The maximum absolute atomic E-state index is 14.2. The zero-order valence-corrected chi connectivity index (χ0v) is 16.0. The van der Waals surface area contributed by atoms with Crippen molar-refractivity contribution in [1.29, 1.82) is 0 Å². The molecule has 7 nitrogen and oxygen atoms in total. The van der Waals surface area contributed by atoms with Gasteiger partial charge in [0.25, 0.3) is 5.91 Å². The summed E-state index contributed by atoms with van der Waals surface area (Å²) < 4.78 is 25.2. The van der Waals surface area contributed by atoms with Gasteiger partial charge in [0.2, 0.25) is 5.95 Å². The lowest BCUT2D eigenvalue weighted by Gasteiger charge is -2.40. The standard InChI is InChI=1S/C16H18Cl2FN3O4/c1-16(2,3)26-15(24)21-4-5-22-8(6-21)7-25-11-9(14(22)23)13(19)20-12(18)10(11)17/h8H,4-7H2,1-3H3. The number of ether oxygens (including phenoxy) is 2. The van der Waals surface area contributed by atoms with Crippen LogP contribution in [0.2, 0.25) is 10.2 Å². The maximum Gasteiger partial charge on any atom is 0.410 e. The monoisotopic (exact) mass is 405 g/mol. The molecule has 1 fully saturated rings. The van der Waals surface area contributed by atoms with E-state index < -0.39 is 29.6 Å². The zero-order chi connectivity index (χ0) is 19.2. The second kappa shape index (κ2) is 6.74. The van der Waals surface area contributed by atoms with Crippen LogP contribution >= 0.6 is 23.2 Å². The van der Waals surface area contributed by atoms with Crippen molar-refractivity contribution >= 4 is 35.2 Å². The normalized spacial score (nSPS) is 20.1. The smallest absolute Gasteiger partial charge is 0.410 e. The van der Waals surface area contributed by atoms with Crippen molar-refractivity contribution in [2.45, 2.75) is 32.4 Å². The quantitative estimate of drug-likeness (QED) is 0.620. The summed E-state index contributed by atoms with van der Waals surface area (Å²) in [6.45, 7) is 6.05. The number of halogens is 3. The van der Waals surface area contributed by atoms with Crippen LogP contribution in [0.1, 0.15) is 31.1 Å². The molecule has 1 aromatic heterocycles. The predicted octanol–water partition coefficient (Wildman–Crippen LogP) is 2.98. The molecule has 10 heteroatoms. The van der Waals surface area contributed by atoms with Gasteiger partial charge in [0, 0.05) is 19.6 Å². The Kier molecular flexibility index (Phi) is 4.92. The number of hydrogen-bond acceptors (Lipinski definition) is 5. The van der Waals surface area contributed by atoms with Crippen molar-refractivity contribution < 1.29 is 23.5 Å². The first-order valence-corrected chi connectivity index (χ1v) is 8.80. The van der Waals surface area contributed by atoms with E-state index in [1.807, 2.05) is 0 Å². The van der Waals surface area contributed by atoms with Crippen LogP contribution in [-0.2, 0) is 4.74 Å². The summed E-state index contributed by atoms with van der Waals surface area (Å²) >= 11 is 11.8. The molecular formula is C16H18Cl2FN3O4. The summed E-state index contributed by atoms with van der Waals surface area (Å²) in [7, 11) is 0. The van der Waals surface area contributed by atoms with Gasteiger partial charge in [0.1, 0.15) is 22.8 Å². The second-order valence-electron chi connectivity index (χ2n) is 7.10. The molecule has 3 heterocycles. The number of carbonyl (C=O) groups excluding carboxylic acids is 2. The first-order chi connectivity index (χ1) is 12.1.